The molecule has 1 aromatic rings. The van der Waals surface area contributed by atoms with Gasteiger partial charge in [0.05, 0.1) is 6.04 Å². The summed E-state index contributed by atoms with van der Waals surface area (Å²) in [7, 11) is 4.42. The van der Waals surface area contributed by atoms with Gasteiger partial charge in [0.2, 0.25) is 0 Å². The predicted octanol–water partition coefficient (Wildman–Crippen LogP) is 2.64. The van der Waals surface area contributed by atoms with E-state index in [0.29, 0.717) is 6.04 Å². The highest BCUT2D eigenvalue weighted by atomic mass is 15.2. The number of hydrogen-bond acceptors (Lipinski definition) is 4. The molecule has 0 amide bonds. The number of aromatic nitrogens is 2. The standard InChI is InChI=1S/C16H28N4/c1-5-19-15(14-10-17-12-18-11-14)16(20(3)4)8-6-13(2)7-9-16/h10-13,15,19H,5-9H2,1-4H3. The molecule has 0 aliphatic heterocycles. The Kier molecular flexibility index (Phi) is 5.11. The molecule has 1 aliphatic carbocycles. The molecule has 0 spiro atoms. The lowest BCUT2D eigenvalue weighted by molar-refractivity contribution is 0.0432. The highest BCUT2D eigenvalue weighted by molar-refractivity contribution is 5.18. The van der Waals surface area contributed by atoms with E-state index in [2.05, 4.69) is 48.1 Å². The third kappa shape index (κ3) is 3.01. The van der Waals surface area contributed by atoms with Gasteiger partial charge in [0.25, 0.3) is 0 Å². The Morgan fingerprint density at radius 3 is 2.40 bits per heavy atom. The van der Waals surface area contributed by atoms with Crippen molar-refractivity contribution in [3.63, 3.8) is 0 Å². The maximum Gasteiger partial charge on any atom is 0.115 e. The van der Waals surface area contributed by atoms with Crippen molar-refractivity contribution >= 4 is 0 Å². The maximum atomic E-state index is 4.22. The van der Waals surface area contributed by atoms with Crippen LogP contribution in [0.2, 0.25) is 0 Å². The Labute approximate surface area is 123 Å². The molecule has 112 valence electrons. The van der Waals surface area contributed by atoms with E-state index in [4.69, 9.17) is 0 Å². The van der Waals surface area contributed by atoms with Crippen LogP contribution in [-0.2, 0) is 0 Å². The minimum Gasteiger partial charge on any atom is -0.309 e. The Morgan fingerprint density at radius 1 is 1.30 bits per heavy atom. The molecule has 4 nitrogen and oxygen atoms in total. The van der Waals surface area contributed by atoms with Crippen LogP contribution in [0.5, 0.6) is 0 Å². The Hall–Kier alpha value is -1.00. The number of rotatable bonds is 5. The summed E-state index contributed by atoms with van der Waals surface area (Å²) in [5.41, 5.74) is 1.38. The smallest absolute Gasteiger partial charge is 0.115 e. The van der Waals surface area contributed by atoms with Gasteiger partial charge in [-0.15, -0.1) is 0 Å². The highest BCUT2D eigenvalue weighted by Gasteiger charge is 2.43. The molecule has 1 aromatic heterocycles. The summed E-state index contributed by atoms with van der Waals surface area (Å²) in [6, 6.07) is 0.302. The second-order valence-corrected chi connectivity index (χ2v) is 6.34. The van der Waals surface area contributed by atoms with Gasteiger partial charge in [-0.1, -0.05) is 13.8 Å². The van der Waals surface area contributed by atoms with Crippen LogP contribution in [0.25, 0.3) is 0 Å². The van der Waals surface area contributed by atoms with E-state index in [1.54, 1.807) is 6.33 Å². The first kappa shape index (κ1) is 15.4. The molecule has 2 rings (SSSR count). The van der Waals surface area contributed by atoms with Crippen LogP contribution in [0.3, 0.4) is 0 Å². The Bertz CT molecular complexity index is 396. The quantitative estimate of drug-likeness (QED) is 0.897. The van der Waals surface area contributed by atoms with Gasteiger partial charge < -0.3 is 10.2 Å². The lowest BCUT2D eigenvalue weighted by Crippen LogP contribution is -2.55. The van der Waals surface area contributed by atoms with E-state index in [1.807, 2.05) is 12.4 Å². The van der Waals surface area contributed by atoms with Gasteiger partial charge in [0, 0.05) is 23.5 Å². The maximum absolute atomic E-state index is 4.22. The third-order valence-electron chi connectivity index (χ3n) is 4.89. The normalized spacial score (nSPS) is 28.6. The van der Waals surface area contributed by atoms with Gasteiger partial charge in [-0.25, -0.2) is 9.97 Å². The van der Waals surface area contributed by atoms with E-state index in [1.165, 1.54) is 31.2 Å². The highest BCUT2D eigenvalue weighted by Crippen LogP contribution is 2.43. The Morgan fingerprint density at radius 2 is 1.90 bits per heavy atom. The first-order chi connectivity index (χ1) is 9.60. The minimum absolute atomic E-state index is 0.174. The van der Waals surface area contributed by atoms with E-state index in [-0.39, 0.29) is 5.54 Å². The van der Waals surface area contributed by atoms with Crippen LogP contribution >= 0.6 is 0 Å². The zero-order valence-corrected chi connectivity index (χ0v) is 13.3. The summed E-state index contributed by atoms with van der Waals surface area (Å²) in [5, 5.41) is 3.68. The van der Waals surface area contributed by atoms with Gasteiger partial charge >= 0.3 is 0 Å². The number of hydrogen-bond donors (Lipinski definition) is 1. The van der Waals surface area contributed by atoms with Crippen LogP contribution in [0.4, 0.5) is 0 Å². The molecular weight excluding hydrogens is 248 g/mol. The molecule has 1 heterocycles. The molecule has 0 saturated heterocycles. The van der Waals surface area contributed by atoms with Crippen LogP contribution in [0, 0.1) is 5.92 Å². The second-order valence-electron chi connectivity index (χ2n) is 6.34. The van der Waals surface area contributed by atoms with E-state index < -0.39 is 0 Å². The summed E-state index contributed by atoms with van der Waals surface area (Å²) in [5.74, 6) is 0.845. The molecule has 1 atom stereocenters. The molecule has 0 aromatic carbocycles. The Balaban J connectivity index is 2.33. The van der Waals surface area contributed by atoms with E-state index >= 15 is 0 Å². The zero-order chi connectivity index (χ0) is 14.6. The molecule has 1 fully saturated rings. The predicted molar refractivity (Wildman–Crippen MR) is 82.5 cm³/mol. The minimum atomic E-state index is 0.174. The largest absolute Gasteiger partial charge is 0.309 e. The first-order valence-corrected chi connectivity index (χ1v) is 7.76. The number of nitrogens with zero attached hydrogens (tertiary/aromatic N) is 3. The number of nitrogens with one attached hydrogen (secondary N) is 1. The topological polar surface area (TPSA) is 41.1 Å². The lowest BCUT2D eigenvalue weighted by atomic mass is 9.70. The van der Waals surface area contributed by atoms with Crippen molar-refractivity contribution in [2.75, 3.05) is 20.6 Å². The first-order valence-electron chi connectivity index (χ1n) is 7.76. The summed E-state index contributed by atoms with van der Waals surface area (Å²) < 4.78 is 0. The third-order valence-corrected chi connectivity index (χ3v) is 4.89. The summed E-state index contributed by atoms with van der Waals surface area (Å²) in [6.45, 7) is 5.50. The van der Waals surface area contributed by atoms with E-state index in [0.717, 1.165) is 12.5 Å². The molecule has 4 heteroatoms. The average molecular weight is 276 g/mol. The van der Waals surface area contributed by atoms with Crippen molar-refractivity contribution in [2.45, 2.75) is 51.1 Å². The summed E-state index contributed by atoms with van der Waals surface area (Å²) >= 11 is 0. The molecule has 1 saturated carbocycles. The lowest BCUT2D eigenvalue weighted by Gasteiger charge is -2.50. The molecule has 1 N–H and O–H groups in total. The van der Waals surface area contributed by atoms with Crippen molar-refractivity contribution in [1.29, 1.82) is 0 Å². The fourth-order valence-corrected chi connectivity index (χ4v) is 3.54. The summed E-state index contributed by atoms with van der Waals surface area (Å²) in [4.78, 5) is 10.9. The number of likely N-dealkylation sites (N-methyl/N-ethyl adjacent to an activating group) is 2. The molecule has 1 unspecified atom stereocenters. The van der Waals surface area contributed by atoms with Crippen LogP contribution in [-0.4, -0.2) is 41.0 Å². The fraction of sp³-hybridized carbons (Fsp3) is 0.750. The van der Waals surface area contributed by atoms with Crippen molar-refractivity contribution in [3.8, 4) is 0 Å². The van der Waals surface area contributed by atoms with Gasteiger partial charge in [0.15, 0.2) is 0 Å². The van der Waals surface area contributed by atoms with E-state index in [9.17, 15) is 0 Å². The van der Waals surface area contributed by atoms with Crippen molar-refractivity contribution in [1.82, 2.24) is 20.2 Å². The fourth-order valence-electron chi connectivity index (χ4n) is 3.54. The zero-order valence-electron chi connectivity index (χ0n) is 13.3. The summed E-state index contributed by atoms with van der Waals surface area (Å²) in [6.07, 6.45) is 10.6. The molecule has 20 heavy (non-hydrogen) atoms. The van der Waals surface area contributed by atoms with Crippen molar-refractivity contribution in [2.24, 2.45) is 5.92 Å². The van der Waals surface area contributed by atoms with Gasteiger partial charge in [0.1, 0.15) is 6.33 Å². The molecule has 0 radical (unpaired) electrons. The van der Waals surface area contributed by atoms with Gasteiger partial charge in [-0.05, 0) is 52.2 Å². The van der Waals surface area contributed by atoms with Gasteiger partial charge in [-0.2, -0.15) is 0 Å². The SMILES string of the molecule is CCNC(c1cncnc1)C1(N(C)C)CCC(C)CC1. The van der Waals surface area contributed by atoms with Crippen LogP contribution in [0.15, 0.2) is 18.7 Å². The van der Waals surface area contributed by atoms with Crippen LogP contribution < -0.4 is 5.32 Å². The van der Waals surface area contributed by atoms with Crippen molar-refractivity contribution < 1.29 is 0 Å². The monoisotopic (exact) mass is 276 g/mol. The molecular formula is C16H28N4. The van der Waals surface area contributed by atoms with Gasteiger partial charge in [-0.3, -0.25) is 0 Å². The van der Waals surface area contributed by atoms with Crippen molar-refractivity contribution in [3.05, 3.63) is 24.3 Å². The van der Waals surface area contributed by atoms with Crippen LogP contribution in [0.1, 0.15) is 51.1 Å². The average Bonchev–Trinajstić information content (AvgIpc) is 2.47. The molecule has 0 bridgehead atoms. The molecule has 1 aliphatic rings. The second kappa shape index (κ2) is 6.64.